The zero-order valence-electron chi connectivity index (χ0n) is 16.6. The number of amides is 2. The van der Waals surface area contributed by atoms with Crippen LogP contribution in [0.3, 0.4) is 0 Å². The van der Waals surface area contributed by atoms with Gasteiger partial charge in [0.05, 0.1) is 14.2 Å². The highest BCUT2D eigenvalue weighted by molar-refractivity contribution is 6.37. The first kappa shape index (κ1) is 21.9. The lowest BCUT2D eigenvalue weighted by molar-refractivity contribution is -0.138. The number of ether oxygens (including phenoxy) is 2. The standard InChI is InChI=1S/C22H26N2O5/c1-28-17-11-12-19(29-2)16(14-17)9-6-10-20(25)24-18(21(26)22(23)27)13-15-7-4-3-5-8-15/h3-5,7-8,11-12,14,18H,6,9-10,13H2,1-2H3,(H2,23,27)(H,24,25)/t18-/m0/s1. The number of nitrogens with two attached hydrogens (primary N) is 1. The van der Waals surface area contributed by atoms with Gasteiger partial charge in [0.25, 0.3) is 5.91 Å². The Labute approximate surface area is 170 Å². The molecule has 154 valence electrons. The molecule has 0 bridgehead atoms. The van der Waals surface area contributed by atoms with E-state index in [-0.39, 0.29) is 18.7 Å². The van der Waals surface area contributed by atoms with Crippen LogP contribution in [0.1, 0.15) is 24.0 Å². The van der Waals surface area contributed by atoms with Crippen molar-refractivity contribution in [2.75, 3.05) is 14.2 Å². The Morgan fingerprint density at radius 2 is 1.76 bits per heavy atom. The fraction of sp³-hybridized carbons (Fsp3) is 0.318. The maximum atomic E-state index is 12.4. The van der Waals surface area contributed by atoms with Crippen molar-refractivity contribution < 1.29 is 23.9 Å². The summed E-state index contributed by atoms with van der Waals surface area (Å²) in [6.45, 7) is 0. The summed E-state index contributed by atoms with van der Waals surface area (Å²) in [7, 11) is 3.17. The molecule has 0 radical (unpaired) electrons. The minimum atomic E-state index is -1.06. The van der Waals surface area contributed by atoms with Crippen LogP contribution in [-0.4, -0.2) is 37.9 Å². The molecular weight excluding hydrogens is 372 g/mol. The van der Waals surface area contributed by atoms with Crippen molar-refractivity contribution in [3.63, 3.8) is 0 Å². The summed E-state index contributed by atoms with van der Waals surface area (Å²) in [5.74, 6) is -0.760. The maximum absolute atomic E-state index is 12.4. The third kappa shape index (κ3) is 6.64. The first-order chi connectivity index (χ1) is 13.9. The van der Waals surface area contributed by atoms with E-state index in [4.69, 9.17) is 15.2 Å². The number of methoxy groups -OCH3 is 2. The molecule has 2 aromatic rings. The molecule has 1 atom stereocenters. The number of Topliss-reactive ketones (excluding diaryl/α,β-unsaturated/α-hetero) is 1. The lowest BCUT2D eigenvalue weighted by atomic mass is 10.0. The van der Waals surface area contributed by atoms with E-state index in [1.165, 1.54) is 0 Å². The van der Waals surface area contributed by atoms with E-state index >= 15 is 0 Å². The lowest BCUT2D eigenvalue weighted by Crippen LogP contribution is -2.47. The highest BCUT2D eigenvalue weighted by atomic mass is 16.5. The Morgan fingerprint density at radius 3 is 2.38 bits per heavy atom. The molecule has 0 saturated heterocycles. The lowest BCUT2D eigenvalue weighted by Gasteiger charge is -2.16. The molecule has 2 rings (SSSR count). The van der Waals surface area contributed by atoms with Gasteiger partial charge < -0.3 is 20.5 Å². The van der Waals surface area contributed by atoms with Crippen molar-refractivity contribution >= 4 is 17.6 Å². The molecule has 7 nitrogen and oxygen atoms in total. The van der Waals surface area contributed by atoms with Crippen LogP contribution in [-0.2, 0) is 27.2 Å². The van der Waals surface area contributed by atoms with Gasteiger partial charge in [-0.25, -0.2) is 0 Å². The molecule has 3 N–H and O–H groups in total. The molecule has 0 fully saturated rings. The number of rotatable bonds is 11. The Morgan fingerprint density at radius 1 is 1.03 bits per heavy atom. The molecule has 0 aliphatic heterocycles. The minimum absolute atomic E-state index is 0.192. The van der Waals surface area contributed by atoms with E-state index in [0.717, 1.165) is 16.9 Å². The van der Waals surface area contributed by atoms with Crippen molar-refractivity contribution in [1.82, 2.24) is 5.32 Å². The predicted octanol–water partition coefficient (Wildman–Crippen LogP) is 1.81. The smallest absolute Gasteiger partial charge is 0.287 e. The molecule has 0 heterocycles. The molecule has 0 unspecified atom stereocenters. The number of primary amides is 1. The van der Waals surface area contributed by atoms with Crippen LogP contribution >= 0.6 is 0 Å². The highest BCUT2D eigenvalue weighted by Crippen LogP contribution is 2.25. The fourth-order valence-electron chi connectivity index (χ4n) is 3.01. The van der Waals surface area contributed by atoms with Crippen molar-refractivity contribution in [2.45, 2.75) is 31.7 Å². The average molecular weight is 398 g/mol. The third-order valence-electron chi connectivity index (χ3n) is 4.51. The van der Waals surface area contributed by atoms with E-state index in [2.05, 4.69) is 5.32 Å². The zero-order chi connectivity index (χ0) is 21.2. The third-order valence-corrected chi connectivity index (χ3v) is 4.51. The Hall–Kier alpha value is -3.35. The van der Waals surface area contributed by atoms with E-state index in [1.54, 1.807) is 20.3 Å². The second kappa shape index (κ2) is 10.8. The van der Waals surface area contributed by atoms with Crippen LogP contribution in [0.15, 0.2) is 48.5 Å². The van der Waals surface area contributed by atoms with Gasteiger partial charge in [0.1, 0.15) is 17.5 Å². The van der Waals surface area contributed by atoms with Gasteiger partial charge in [0.2, 0.25) is 11.7 Å². The topological polar surface area (TPSA) is 108 Å². The largest absolute Gasteiger partial charge is 0.497 e. The number of carbonyl (C=O) groups excluding carboxylic acids is 3. The van der Waals surface area contributed by atoms with Gasteiger partial charge in [0.15, 0.2) is 0 Å². The van der Waals surface area contributed by atoms with Gasteiger partial charge in [-0.3, -0.25) is 14.4 Å². The molecule has 7 heteroatoms. The normalized spacial score (nSPS) is 11.4. The summed E-state index contributed by atoms with van der Waals surface area (Å²) in [5, 5.41) is 2.64. The van der Waals surface area contributed by atoms with E-state index in [1.807, 2.05) is 42.5 Å². The van der Waals surface area contributed by atoms with Crippen LogP contribution in [0.25, 0.3) is 0 Å². The molecule has 0 saturated carbocycles. The fourth-order valence-corrected chi connectivity index (χ4v) is 3.01. The number of hydrogen-bond acceptors (Lipinski definition) is 5. The Balaban J connectivity index is 1.96. The van der Waals surface area contributed by atoms with Crippen LogP contribution in [0.2, 0.25) is 0 Å². The SMILES string of the molecule is COc1ccc(OC)c(CCCC(=O)N[C@@H](Cc2ccccc2)C(=O)C(N)=O)c1. The first-order valence-electron chi connectivity index (χ1n) is 9.32. The number of aryl methyl sites for hydroxylation is 1. The van der Waals surface area contributed by atoms with Gasteiger partial charge in [0, 0.05) is 12.8 Å². The van der Waals surface area contributed by atoms with Crippen LogP contribution in [0.4, 0.5) is 0 Å². The number of nitrogens with one attached hydrogen (secondary N) is 1. The van der Waals surface area contributed by atoms with Gasteiger partial charge >= 0.3 is 0 Å². The molecular formula is C22H26N2O5. The van der Waals surface area contributed by atoms with Gasteiger partial charge in [-0.2, -0.15) is 0 Å². The second-order valence-corrected chi connectivity index (χ2v) is 6.57. The Kier molecular flexibility index (Phi) is 8.21. The Bertz CT molecular complexity index is 852. The number of hydrogen-bond donors (Lipinski definition) is 2. The number of benzene rings is 2. The van der Waals surface area contributed by atoms with Crippen LogP contribution in [0.5, 0.6) is 11.5 Å². The van der Waals surface area contributed by atoms with Gasteiger partial charge in [-0.1, -0.05) is 30.3 Å². The average Bonchev–Trinajstić information content (AvgIpc) is 2.73. The van der Waals surface area contributed by atoms with E-state index in [9.17, 15) is 14.4 Å². The molecule has 2 aromatic carbocycles. The quantitative estimate of drug-likeness (QED) is 0.561. The van der Waals surface area contributed by atoms with Crippen LogP contribution < -0.4 is 20.5 Å². The summed E-state index contributed by atoms with van der Waals surface area (Å²) in [6.07, 6.45) is 1.54. The zero-order valence-corrected chi connectivity index (χ0v) is 16.6. The van der Waals surface area contributed by atoms with Crippen LogP contribution in [0, 0.1) is 0 Å². The molecule has 0 spiro atoms. The van der Waals surface area contributed by atoms with E-state index in [0.29, 0.717) is 18.6 Å². The van der Waals surface area contributed by atoms with Crippen molar-refractivity contribution in [2.24, 2.45) is 5.73 Å². The van der Waals surface area contributed by atoms with E-state index < -0.39 is 17.7 Å². The van der Waals surface area contributed by atoms with Crippen molar-refractivity contribution in [1.29, 1.82) is 0 Å². The number of carbonyl (C=O) groups is 3. The summed E-state index contributed by atoms with van der Waals surface area (Å²) in [6, 6.07) is 13.6. The van der Waals surface area contributed by atoms with Crippen molar-refractivity contribution in [3.05, 3.63) is 59.7 Å². The summed E-state index contributed by atoms with van der Waals surface area (Å²) < 4.78 is 10.6. The van der Waals surface area contributed by atoms with Gasteiger partial charge in [-0.05, 0) is 42.2 Å². The highest BCUT2D eigenvalue weighted by Gasteiger charge is 2.25. The molecule has 2 amide bonds. The molecule has 0 aliphatic rings. The van der Waals surface area contributed by atoms with Gasteiger partial charge in [-0.15, -0.1) is 0 Å². The summed E-state index contributed by atoms with van der Waals surface area (Å²) >= 11 is 0. The summed E-state index contributed by atoms with van der Waals surface area (Å²) in [5.41, 5.74) is 6.89. The molecule has 0 aliphatic carbocycles. The predicted molar refractivity (Wildman–Crippen MR) is 109 cm³/mol. The minimum Gasteiger partial charge on any atom is -0.497 e. The van der Waals surface area contributed by atoms with Crippen molar-refractivity contribution in [3.8, 4) is 11.5 Å². The maximum Gasteiger partial charge on any atom is 0.287 e. The number of ketones is 1. The monoisotopic (exact) mass is 398 g/mol. The molecule has 0 aromatic heterocycles. The summed E-state index contributed by atoms with van der Waals surface area (Å²) in [4.78, 5) is 35.8. The first-order valence-corrected chi connectivity index (χ1v) is 9.32. The second-order valence-electron chi connectivity index (χ2n) is 6.57. The molecule has 29 heavy (non-hydrogen) atoms.